The Labute approximate surface area is 138 Å². The van der Waals surface area contributed by atoms with E-state index >= 15 is 0 Å². The Bertz CT molecular complexity index is 437. The van der Waals surface area contributed by atoms with Crippen LogP contribution in [0.25, 0.3) is 0 Å². The summed E-state index contributed by atoms with van der Waals surface area (Å²) >= 11 is 3.79. The van der Waals surface area contributed by atoms with Gasteiger partial charge >= 0.3 is 0 Å². The highest BCUT2D eigenvalue weighted by molar-refractivity contribution is 9.10. The maximum Gasteiger partial charge on any atom is 0.0766 e. The van der Waals surface area contributed by atoms with Gasteiger partial charge < -0.3 is 5.32 Å². The first kappa shape index (κ1) is 17.0. The normalized spacial score (nSPS) is 17.0. The summed E-state index contributed by atoms with van der Waals surface area (Å²) in [5.74, 6) is 0.946. The summed E-state index contributed by atoms with van der Waals surface area (Å²) in [7, 11) is 0. The molecule has 4 heteroatoms. The zero-order valence-corrected chi connectivity index (χ0v) is 15.4. The van der Waals surface area contributed by atoms with Gasteiger partial charge in [-0.05, 0) is 54.6 Å². The Balaban J connectivity index is 2.08. The van der Waals surface area contributed by atoms with Crippen molar-refractivity contribution in [2.75, 3.05) is 6.54 Å². The molecule has 1 aromatic rings. The molecule has 2 rings (SSSR count). The molecule has 1 saturated carbocycles. The predicted molar refractivity (Wildman–Crippen MR) is 92.7 cm³/mol. The molecule has 1 aliphatic carbocycles. The average molecular weight is 356 g/mol. The van der Waals surface area contributed by atoms with Crippen LogP contribution in [0.2, 0.25) is 0 Å². The first-order valence-electron chi connectivity index (χ1n) is 8.66. The smallest absolute Gasteiger partial charge is 0.0766 e. The number of hydrogen-bond donors (Lipinski definition) is 1. The molecule has 21 heavy (non-hydrogen) atoms. The van der Waals surface area contributed by atoms with Crippen molar-refractivity contribution in [3.8, 4) is 0 Å². The van der Waals surface area contributed by atoms with Crippen LogP contribution in [-0.2, 0) is 19.4 Å². The standard InChI is InChI=1S/C17H30BrN3/c1-4-10-19-14(11-13-8-7-9-13)12-16-17(18)15(5-2)20-21(16)6-3/h13-14,19H,4-12H2,1-3H3. The number of hydrogen-bond acceptors (Lipinski definition) is 2. The van der Waals surface area contributed by atoms with Gasteiger partial charge in [-0.1, -0.05) is 33.1 Å². The fraction of sp³-hybridized carbons (Fsp3) is 0.824. The fourth-order valence-corrected chi connectivity index (χ4v) is 3.89. The van der Waals surface area contributed by atoms with E-state index in [0.29, 0.717) is 6.04 Å². The number of rotatable bonds is 9. The molecule has 1 aliphatic rings. The maximum absolute atomic E-state index is 4.74. The van der Waals surface area contributed by atoms with Crippen molar-refractivity contribution in [3.05, 3.63) is 15.9 Å². The molecular formula is C17H30BrN3. The molecule has 0 amide bonds. The van der Waals surface area contributed by atoms with Crippen molar-refractivity contribution in [3.63, 3.8) is 0 Å². The minimum absolute atomic E-state index is 0.596. The highest BCUT2D eigenvalue weighted by Crippen LogP contribution is 2.32. The molecular weight excluding hydrogens is 326 g/mol. The largest absolute Gasteiger partial charge is 0.314 e. The van der Waals surface area contributed by atoms with Gasteiger partial charge in [-0.2, -0.15) is 5.10 Å². The Morgan fingerprint density at radius 3 is 2.62 bits per heavy atom. The summed E-state index contributed by atoms with van der Waals surface area (Å²) in [5, 5.41) is 8.50. The van der Waals surface area contributed by atoms with Crippen molar-refractivity contribution >= 4 is 15.9 Å². The molecule has 120 valence electrons. The SMILES string of the molecule is CCCNC(Cc1c(Br)c(CC)nn1CC)CC1CCC1. The first-order valence-corrected chi connectivity index (χ1v) is 9.46. The molecule has 1 atom stereocenters. The van der Waals surface area contributed by atoms with Gasteiger partial charge in [-0.15, -0.1) is 0 Å². The second-order valence-corrected chi connectivity index (χ2v) is 7.06. The van der Waals surface area contributed by atoms with E-state index in [2.05, 4.69) is 46.7 Å². The van der Waals surface area contributed by atoms with E-state index in [4.69, 9.17) is 5.10 Å². The fourth-order valence-electron chi connectivity index (χ4n) is 3.16. The van der Waals surface area contributed by atoms with Crippen LogP contribution < -0.4 is 5.32 Å². The van der Waals surface area contributed by atoms with E-state index in [1.54, 1.807) is 0 Å². The van der Waals surface area contributed by atoms with Crippen molar-refractivity contribution in [1.29, 1.82) is 0 Å². The zero-order valence-electron chi connectivity index (χ0n) is 13.8. The molecule has 0 aromatic carbocycles. The quantitative estimate of drug-likeness (QED) is 0.714. The minimum atomic E-state index is 0.596. The number of aryl methyl sites for hydroxylation is 2. The molecule has 0 saturated heterocycles. The number of nitrogens with one attached hydrogen (secondary N) is 1. The van der Waals surface area contributed by atoms with Gasteiger partial charge in [-0.3, -0.25) is 4.68 Å². The van der Waals surface area contributed by atoms with Gasteiger partial charge in [0, 0.05) is 19.0 Å². The summed E-state index contributed by atoms with van der Waals surface area (Å²) in [5.41, 5.74) is 2.58. The first-order chi connectivity index (χ1) is 10.2. The number of nitrogens with zero attached hydrogens (tertiary/aromatic N) is 2. The predicted octanol–water partition coefficient (Wildman–Crippen LogP) is 4.33. The van der Waals surface area contributed by atoms with E-state index in [-0.39, 0.29) is 0 Å². The third-order valence-electron chi connectivity index (χ3n) is 4.66. The third-order valence-corrected chi connectivity index (χ3v) is 5.57. The molecule has 1 unspecified atom stereocenters. The maximum atomic E-state index is 4.74. The van der Waals surface area contributed by atoms with Crippen molar-refractivity contribution in [2.24, 2.45) is 5.92 Å². The molecule has 0 radical (unpaired) electrons. The van der Waals surface area contributed by atoms with Crippen LogP contribution in [0.3, 0.4) is 0 Å². The third kappa shape index (κ3) is 4.32. The lowest BCUT2D eigenvalue weighted by Gasteiger charge is -2.30. The topological polar surface area (TPSA) is 29.9 Å². The van der Waals surface area contributed by atoms with E-state index in [9.17, 15) is 0 Å². The Hall–Kier alpha value is -0.350. The summed E-state index contributed by atoms with van der Waals surface area (Å²) in [6.07, 6.45) is 8.91. The minimum Gasteiger partial charge on any atom is -0.314 e. The van der Waals surface area contributed by atoms with Crippen LogP contribution in [0.5, 0.6) is 0 Å². The van der Waals surface area contributed by atoms with Crippen molar-refractivity contribution < 1.29 is 0 Å². The summed E-state index contributed by atoms with van der Waals surface area (Å²) in [6.45, 7) is 8.68. The Morgan fingerprint density at radius 2 is 2.10 bits per heavy atom. The summed E-state index contributed by atoms with van der Waals surface area (Å²) in [6, 6.07) is 0.596. The number of halogens is 1. The van der Waals surface area contributed by atoms with Gasteiger partial charge in [0.25, 0.3) is 0 Å². The van der Waals surface area contributed by atoms with E-state index in [1.807, 2.05) is 0 Å². The molecule has 0 spiro atoms. The molecule has 1 fully saturated rings. The molecule has 3 nitrogen and oxygen atoms in total. The van der Waals surface area contributed by atoms with Crippen molar-refractivity contribution in [2.45, 2.75) is 78.3 Å². The lowest BCUT2D eigenvalue weighted by molar-refractivity contribution is 0.257. The van der Waals surface area contributed by atoms with Crippen LogP contribution >= 0.6 is 15.9 Å². The van der Waals surface area contributed by atoms with Gasteiger partial charge in [0.15, 0.2) is 0 Å². The highest BCUT2D eigenvalue weighted by atomic mass is 79.9. The Kier molecular flexibility index (Phi) is 6.74. The average Bonchev–Trinajstić information content (AvgIpc) is 2.75. The van der Waals surface area contributed by atoms with Crippen molar-refractivity contribution in [1.82, 2.24) is 15.1 Å². The second kappa shape index (κ2) is 8.33. The van der Waals surface area contributed by atoms with E-state index < -0.39 is 0 Å². The van der Waals surface area contributed by atoms with Crippen LogP contribution in [0, 0.1) is 5.92 Å². The lowest BCUT2D eigenvalue weighted by atomic mass is 9.80. The van der Waals surface area contributed by atoms with Gasteiger partial charge in [-0.25, -0.2) is 0 Å². The molecule has 1 N–H and O–H groups in total. The van der Waals surface area contributed by atoms with Gasteiger partial charge in [0.2, 0.25) is 0 Å². The molecule has 0 aliphatic heterocycles. The van der Waals surface area contributed by atoms with Gasteiger partial charge in [0.1, 0.15) is 0 Å². The molecule has 1 aromatic heterocycles. The van der Waals surface area contributed by atoms with Crippen LogP contribution in [-0.4, -0.2) is 22.4 Å². The Morgan fingerprint density at radius 1 is 1.33 bits per heavy atom. The highest BCUT2D eigenvalue weighted by Gasteiger charge is 2.24. The molecule has 1 heterocycles. The monoisotopic (exact) mass is 355 g/mol. The molecule has 0 bridgehead atoms. The summed E-state index contributed by atoms with van der Waals surface area (Å²) < 4.78 is 3.42. The zero-order chi connectivity index (χ0) is 15.2. The van der Waals surface area contributed by atoms with E-state index in [1.165, 1.54) is 48.0 Å². The lowest BCUT2D eigenvalue weighted by Crippen LogP contribution is -2.35. The summed E-state index contributed by atoms with van der Waals surface area (Å²) in [4.78, 5) is 0. The van der Waals surface area contributed by atoms with Crippen LogP contribution in [0.15, 0.2) is 4.47 Å². The van der Waals surface area contributed by atoms with Crippen LogP contribution in [0.1, 0.15) is 64.3 Å². The van der Waals surface area contributed by atoms with Crippen LogP contribution in [0.4, 0.5) is 0 Å². The van der Waals surface area contributed by atoms with E-state index in [0.717, 1.165) is 31.8 Å². The van der Waals surface area contributed by atoms with Gasteiger partial charge in [0.05, 0.1) is 15.9 Å². The second-order valence-electron chi connectivity index (χ2n) is 6.26. The number of aromatic nitrogens is 2.